The lowest BCUT2D eigenvalue weighted by molar-refractivity contribution is 1.16. The Morgan fingerprint density at radius 2 is 0.469 bits per heavy atom. The molecule has 0 saturated heterocycles. The van der Waals surface area contributed by atoms with Crippen LogP contribution < -0.4 is 0 Å². The first-order chi connectivity index (χ1) is 30.5. The first-order valence-corrected chi connectivity index (χ1v) is 23.0. The van der Waals surface area contributed by atoms with Gasteiger partial charge in [0.2, 0.25) is 0 Å². The van der Waals surface area contributed by atoms with Gasteiger partial charge in [0.15, 0.2) is 0 Å². The highest BCUT2D eigenvalue weighted by molar-refractivity contribution is 5.38. The van der Waals surface area contributed by atoms with Gasteiger partial charge in [0, 0.05) is 0 Å². The van der Waals surface area contributed by atoms with Gasteiger partial charge in [-0.2, -0.15) is 0 Å². The average molecular weight is 841 g/mol. The maximum absolute atomic E-state index is 2.29. The van der Waals surface area contributed by atoms with Gasteiger partial charge in [0.25, 0.3) is 0 Å². The monoisotopic (exact) mass is 841 g/mol. The second-order valence-electron chi connectivity index (χ2n) is 18.6. The maximum atomic E-state index is 2.29. The zero-order valence-corrected chi connectivity index (χ0v) is 41.0. The van der Waals surface area contributed by atoms with E-state index in [1.165, 1.54) is 111 Å². The molecular formula is C64H72. The van der Waals surface area contributed by atoms with Crippen molar-refractivity contribution in [2.24, 2.45) is 0 Å². The SMILES string of the molecule is Cc1ccc(Cc2cc(C)cc(C)c2)cc1.Cc1cccc(Cc2cc(C)cc(C)c2)c1.Cc1cccc(Cc2cc(C)cc(C)c2)c1.Cc1cccc(Cc2ccc(C)c(C)c2)c1. The minimum absolute atomic E-state index is 1.03. The first-order valence-electron chi connectivity index (χ1n) is 23.0. The molecule has 0 heterocycles. The van der Waals surface area contributed by atoms with E-state index in [9.17, 15) is 0 Å². The molecule has 0 nitrogen and oxygen atoms in total. The molecule has 0 aliphatic carbocycles. The van der Waals surface area contributed by atoms with Gasteiger partial charge in [-0.25, -0.2) is 0 Å². The topological polar surface area (TPSA) is 0 Å². The molecule has 0 fully saturated rings. The molecule has 0 bridgehead atoms. The second kappa shape index (κ2) is 24.0. The Morgan fingerprint density at radius 1 is 0.188 bits per heavy atom. The van der Waals surface area contributed by atoms with Crippen LogP contribution in [-0.4, -0.2) is 0 Å². The van der Waals surface area contributed by atoms with Gasteiger partial charge in [-0.05, 0) is 164 Å². The second-order valence-corrected chi connectivity index (χ2v) is 18.6. The predicted octanol–water partition coefficient (Wildman–Crippen LogP) is 16.8. The van der Waals surface area contributed by atoms with E-state index in [0.29, 0.717) is 0 Å². The molecule has 0 amide bonds. The first kappa shape index (κ1) is 48.8. The number of hydrogen-bond donors (Lipinski definition) is 0. The van der Waals surface area contributed by atoms with Crippen LogP contribution in [0.25, 0.3) is 0 Å². The lowest BCUT2D eigenvalue weighted by atomic mass is 10.00. The summed E-state index contributed by atoms with van der Waals surface area (Å²) in [5.41, 5.74) is 27.3. The average Bonchev–Trinajstić information content (AvgIpc) is 3.20. The van der Waals surface area contributed by atoms with Crippen molar-refractivity contribution in [1.29, 1.82) is 0 Å². The summed E-state index contributed by atoms with van der Waals surface area (Å²) in [6.45, 7) is 25.8. The summed E-state index contributed by atoms with van der Waals surface area (Å²) in [5.74, 6) is 0. The molecule has 0 aliphatic rings. The molecule has 0 aliphatic heterocycles. The number of aryl methyl sites for hydroxylation is 12. The summed E-state index contributed by atoms with van der Waals surface area (Å²) in [5, 5.41) is 0. The number of hydrogen-bond acceptors (Lipinski definition) is 0. The summed E-state index contributed by atoms with van der Waals surface area (Å²) in [6.07, 6.45) is 4.12. The smallest absolute Gasteiger partial charge is 0.00255 e. The largest absolute Gasteiger partial charge is 0.0617 e. The third-order valence-electron chi connectivity index (χ3n) is 11.4. The van der Waals surface area contributed by atoms with E-state index >= 15 is 0 Å². The van der Waals surface area contributed by atoms with Crippen LogP contribution in [0.5, 0.6) is 0 Å². The molecule has 0 heteroatoms. The van der Waals surface area contributed by atoms with Crippen LogP contribution in [0.1, 0.15) is 111 Å². The molecule has 0 aromatic heterocycles. The van der Waals surface area contributed by atoms with E-state index in [1.807, 2.05) is 0 Å². The lowest BCUT2D eigenvalue weighted by Crippen LogP contribution is -1.91. The van der Waals surface area contributed by atoms with E-state index in [2.05, 4.69) is 253 Å². The molecule has 0 spiro atoms. The molecule has 8 aromatic carbocycles. The Hall–Kier alpha value is -6.24. The molecule has 0 unspecified atom stereocenters. The van der Waals surface area contributed by atoms with Crippen molar-refractivity contribution in [3.05, 3.63) is 281 Å². The molecule has 0 radical (unpaired) electrons. The summed E-state index contributed by atoms with van der Waals surface area (Å²) in [7, 11) is 0. The fourth-order valence-corrected chi connectivity index (χ4v) is 8.54. The summed E-state index contributed by atoms with van der Waals surface area (Å²) in [6, 6.07) is 62.0. The summed E-state index contributed by atoms with van der Waals surface area (Å²) >= 11 is 0. The summed E-state index contributed by atoms with van der Waals surface area (Å²) < 4.78 is 0. The Kier molecular flexibility index (Phi) is 18.3. The standard InChI is InChI=1S/4C16H18/c1-12-4-6-15(7-5-12)11-16-9-13(2)8-14(3)10-16;2*1-12-5-4-6-15(8-12)11-16-9-13(2)7-14(3)10-16;1-12-5-4-6-15(9-12)11-16-8-7-13(2)14(3)10-16/h4*4-10H,11H2,1-3H3. The third kappa shape index (κ3) is 17.1. The van der Waals surface area contributed by atoms with Crippen LogP contribution in [-0.2, 0) is 25.7 Å². The molecule has 0 N–H and O–H groups in total. The molecule has 64 heavy (non-hydrogen) atoms. The van der Waals surface area contributed by atoms with Gasteiger partial charge >= 0.3 is 0 Å². The van der Waals surface area contributed by atoms with E-state index < -0.39 is 0 Å². The fourth-order valence-electron chi connectivity index (χ4n) is 8.54. The number of benzene rings is 8. The van der Waals surface area contributed by atoms with Gasteiger partial charge in [0.05, 0.1) is 0 Å². The fraction of sp³-hybridized carbons (Fsp3) is 0.250. The lowest BCUT2D eigenvalue weighted by Gasteiger charge is -2.06. The van der Waals surface area contributed by atoms with Crippen LogP contribution in [0.2, 0.25) is 0 Å². The Bertz CT molecular complexity index is 2570. The highest BCUT2D eigenvalue weighted by Crippen LogP contribution is 2.18. The Balaban J connectivity index is 0.000000161. The van der Waals surface area contributed by atoms with Gasteiger partial charge in [-0.15, -0.1) is 0 Å². The van der Waals surface area contributed by atoms with Crippen molar-refractivity contribution < 1.29 is 0 Å². The molecular weight excluding hydrogens is 769 g/mol. The van der Waals surface area contributed by atoms with Crippen molar-refractivity contribution in [2.45, 2.75) is 109 Å². The van der Waals surface area contributed by atoms with Crippen molar-refractivity contribution in [1.82, 2.24) is 0 Å². The van der Waals surface area contributed by atoms with Crippen molar-refractivity contribution in [2.75, 3.05) is 0 Å². The van der Waals surface area contributed by atoms with E-state index in [4.69, 9.17) is 0 Å². The van der Waals surface area contributed by atoms with Gasteiger partial charge in [-0.3, -0.25) is 0 Å². The van der Waals surface area contributed by atoms with Crippen LogP contribution in [0.15, 0.2) is 170 Å². The highest BCUT2D eigenvalue weighted by atomic mass is 14.1. The minimum atomic E-state index is 1.03. The van der Waals surface area contributed by atoms with E-state index in [0.717, 1.165) is 25.7 Å². The summed E-state index contributed by atoms with van der Waals surface area (Å²) in [4.78, 5) is 0. The zero-order chi connectivity index (χ0) is 46.2. The van der Waals surface area contributed by atoms with Gasteiger partial charge in [0.1, 0.15) is 0 Å². The van der Waals surface area contributed by atoms with Crippen LogP contribution >= 0.6 is 0 Å². The molecule has 0 atom stereocenters. The molecule has 0 saturated carbocycles. The Morgan fingerprint density at radius 3 is 0.797 bits per heavy atom. The quantitative estimate of drug-likeness (QED) is 0.143. The molecule has 8 aromatic rings. The Labute approximate surface area is 388 Å². The van der Waals surface area contributed by atoms with Crippen molar-refractivity contribution in [3.8, 4) is 0 Å². The van der Waals surface area contributed by atoms with Crippen LogP contribution in [0, 0.1) is 83.1 Å². The van der Waals surface area contributed by atoms with E-state index in [1.54, 1.807) is 0 Å². The van der Waals surface area contributed by atoms with Crippen LogP contribution in [0.3, 0.4) is 0 Å². The zero-order valence-electron chi connectivity index (χ0n) is 41.0. The number of rotatable bonds is 8. The van der Waals surface area contributed by atoms with Gasteiger partial charge in [-0.1, -0.05) is 225 Å². The van der Waals surface area contributed by atoms with Crippen molar-refractivity contribution in [3.63, 3.8) is 0 Å². The van der Waals surface area contributed by atoms with Gasteiger partial charge < -0.3 is 0 Å². The normalized spacial score (nSPS) is 10.4. The highest BCUT2D eigenvalue weighted by Gasteiger charge is 2.02. The molecule has 8 rings (SSSR count). The maximum Gasteiger partial charge on any atom is -0.00255 e. The van der Waals surface area contributed by atoms with Crippen LogP contribution in [0.4, 0.5) is 0 Å². The third-order valence-corrected chi connectivity index (χ3v) is 11.4. The predicted molar refractivity (Wildman–Crippen MR) is 280 cm³/mol. The minimum Gasteiger partial charge on any atom is -0.0617 e. The van der Waals surface area contributed by atoms with E-state index in [-0.39, 0.29) is 0 Å². The van der Waals surface area contributed by atoms with Crippen molar-refractivity contribution >= 4 is 0 Å². The molecule has 328 valence electrons.